The molecular weight excluding hydrogens is 418 g/mol. The molecule has 2 aromatic carbocycles. The Kier molecular flexibility index (Phi) is 5.02. The van der Waals surface area contributed by atoms with Gasteiger partial charge in [0.1, 0.15) is 5.82 Å². The van der Waals surface area contributed by atoms with Crippen LogP contribution in [-0.4, -0.2) is 42.3 Å². The Morgan fingerprint density at radius 2 is 1.85 bits per heavy atom. The predicted octanol–water partition coefficient (Wildman–Crippen LogP) is 4.40. The monoisotopic (exact) mass is 443 g/mol. The van der Waals surface area contributed by atoms with Crippen LogP contribution in [0.15, 0.2) is 60.8 Å². The van der Waals surface area contributed by atoms with Gasteiger partial charge >= 0.3 is 6.09 Å². The number of fused-ring (bicyclic) bond motifs is 2. The molecule has 0 atom stereocenters. The number of nitrogens with one attached hydrogen (secondary N) is 1. The molecule has 1 aliphatic heterocycles. The zero-order valence-corrected chi connectivity index (χ0v) is 18.5. The Morgan fingerprint density at radius 1 is 1.06 bits per heavy atom. The van der Waals surface area contributed by atoms with Crippen LogP contribution in [0.25, 0.3) is 16.9 Å². The topological polar surface area (TPSA) is 103 Å². The van der Waals surface area contributed by atoms with E-state index in [9.17, 15) is 15.0 Å². The normalized spacial score (nSPS) is 13.7. The van der Waals surface area contributed by atoms with E-state index in [1.807, 2.05) is 48.5 Å². The van der Waals surface area contributed by atoms with Gasteiger partial charge in [-0.15, -0.1) is 0 Å². The van der Waals surface area contributed by atoms with Crippen molar-refractivity contribution in [1.29, 1.82) is 0 Å². The van der Waals surface area contributed by atoms with Gasteiger partial charge in [-0.2, -0.15) is 5.10 Å². The van der Waals surface area contributed by atoms with Gasteiger partial charge in [-0.3, -0.25) is 0 Å². The molecule has 0 aliphatic carbocycles. The molecule has 0 bridgehead atoms. The molecule has 1 amide bonds. The quantitative estimate of drug-likeness (QED) is 0.432. The first-order valence-electron chi connectivity index (χ1n) is 10.8. The summed E-state index contributed by atoms with van der Waals surface area (Å²) in [6.07, 6.45) is 1.52. The second-order valence-electron chi connectivity index (χ2n) is 8.83. The Labute approximate surface area is 191 Å². The van der Waals surface area contributed by atoms with Crippen LogP contribution < -0.4 is 5.32 Å². The van der Waals surface area contributed by atoms with Crippen LogP contribution in [0.3, 0.4) is 0 Å². The number of aromatic nitrogens is 3. The van der Waals surface area contributed by atoms with Crippen LogP contribution in [0, 0.1) is 0 Å². The fourth-order valence-corrected chi connectivity index (χ4v) is 4.17. The van der Waals surface area contributed by atoms with Crippen molar-refractivity contribution in [1.82, 2.24) is 19.5 Å². The van der Waals surface area contributed by atoms with Crippen LogP contribution >= 0.6 is 0 Å². The molecule has 5 rings (SSSR count). The van der Waals surface area contributed by atoms with E-state index in [1.54, 1.807) is 24.6 Å². The highest BCUT2D eigenvalue weighted by molar-refractivity contribution is 5.71. The maximum atomic E-state index is 11.4. The third-order valence-electron chi connectivity index (χ3n) is 6.01. The minimum absolute atomic E-state index is 0.379. The van der Waals surface area contributed by atoms with Crippen molar-refractivity contribution in [3.8, 4) is 11.3 Å². The fraction of sp³-hybridized carbons (Fsp3) is 0.240. The first-order chi connectivity index (χ1) is 15.8. The van der Waals surface area contributed by atoms with Crippen LogP contribution in [0.2, 0.25) is 0 Å². The minimum atomic E-state index is -0.900. The van der Waals surface area contributed by atoms with Crippen molar-refractivity contribution in [3.63, 3.8) is 0 Å². The second kappa shape index (κ2) is 7.90. The number of benzene rings is 2. The summed E-state index contributed by atoms with van der Waals surface area (Å²) in [6, 6.07) is 17.5. The van der Waals surface area contributed by atoms with Gasteiger partial charge in [0.15, 0.2) is 5.65 Å². The number of aliphatic hydroxyl groups is 1. The third kappa shape index (κ3) is 4.12. The van der Waals surface area contributed by atoms with Crippen molar-refractivity contribution < 1.29 is 15.0 Å². The number of hydrogen-bond acceptors (Lipinski definition) is 5. The highest BCUT2D eigenvalue weighted by Crippen LogP contribution is 2.29. The zero-order valence-electron chi connectivity index (χ0n) is 18.5. The summed E-state index contributed by atoms with van der Waals surface area (Å²) in [4.78, 5) is 17.5. The van der Waals surface area contributed by atoms with Gasteiger partial charge in [0.05, 0.1) is 17.5 Å². The highest BCUT2D eigenvalue weighted by atomic mass is 16.4. The summed E-state index contributed by atoms with van der Waals surface area (Å²) in [5, 5.41) is 27.3. The summed E-state index contributed by atoms with van der Waals surface area (Å²) in [5.74, 6) is 0.666. The first-order valence-corrected chi connectivity index (χ1v) is 10.8. The standard InChI is InChI=1S/C25H25N5O3/c1-25(2,33)19-5-7-20(8-6-19)27-22-14-21(30-23(28-22)9-11-26-30)17-4-3-16-10-12-29(24(31)32)15-18(16)13-17/h3-9,11,13-14,33H,10,12,15H2,1-2H3,(H,27,28)(H,31,32). The molecular formula is C25H25N5O3. The van der Waals surface area contributed by atoms with Gasteiger partial charge in [0.25, 0.3) is 0 Å². The SMILES string of the molecule is CC(C)(O)c1ccc(Nc2cc(-c3ccc4c(c3)CN(C(=O)O)CC4)n3nccc3n2)cc1. The molecule has 0 saturated carbocycles. The summed E-state index contributed by atoms with van der Waals surface area (Å²) in [5.41, 5.74) is 5.47. The molecule has 8 nitrogen and oxygen atoms in total. The number of nitrogens with zero attached hydrogens (tertiary/aromatic N) is 4. The van der Waals surface area contributed by atoms with Crippen molar-refractivity contribution in [2.75, 3.05) is 11.9 Å². The maximum Gasteiger partial charge on any atom is 0.407 e. The highest BCUT2D eigenvalue weighted by Gasteiger charge is 2.21. The number of hydrogen-bond donors (Lipinski definition) is 3. The molecule has 33 heavy (non-hydrogen) atoms. The largest absolute Gasteiger partial charge is 0.465 e. The van der Waals surface area contributed by atoms with E-state index in [1.165, 1.54) is 10.5 Å². The number of rotatable bonds is 4. The molecule has 0 fully saturated rings. The lowest BCUT2D eigenvalue weighted by atomic mass is 9.96. The zero-order chi connectivity index (χ0) is 23.2. The minimum Gasteiger partial charge on any atom is -0.465 e. The molecule has 168 valence electrons. The van der Waals surface area contributed by atoms with Gasteiger partial charge in [-0.1, -0.05) is 24.3 Å². The molecule has 0 saturated heterocycles. The second-order valence-corrected chi connectivity index (χ2v) is 8.83. The summed E-state index contributed by atoms with van der Waals surface area (Å²) >= 11 is 0. The Bertz CT molecular complexity index is 1340. The van der Waals surface area contributed by atoms with E-state index in [2.05, 4.69) is 21.5 Å². The van der Waals surface area contributed by atoms with Crippen molar-refractivity contribution in [3.05, 3.63) is 77.5 Å². The number of carbonyl (C=O) groups is 1. The van der Waals surface area contributed by atoms with E-state index in [0.717, 1.165) is 28.1 Å². The third-order valence-corrected chi connectivity index (χ3v) is 6.01. The van der Waals surface area contributed by atoms with Gasteiger partial charge in [-0.05, 0) is 55.2 Å². The molecule has 0 spiro atoms. The molecule has 0 radical (unpaired) electrons. The first kappa shape index (κ1) is 21.0. The average Bonchev–Trinajstić information content (AvgIpc) is 3.26. The fourth-order valence-electron chi connectivity index (χ4n) is 4.17. The van der Waals surface area contributed by atoms with Crippen LogP contribution in [0.5, 0.6) is 0 Å². The van der Waals surface area contributed by atoms with Crippen LogP contribution in [0.1, 0.15) is 30.5 Å². The van der Waals surface area contributed by atoms with Crippen molar-refractivity contribution >= 4 is 23.2 Å². The van der Waals surface area contributed by atoms with E-state index in [4.69, 9.17) is 0 Å². The molecule has 1 aliphatic rings. The smallest absolute Gasteiger partial charge is 0.407 e. The molecule has 0 unspecified atom stereocenters. The van der Waals surface area contributed by atoms with Gasteiger partial charge in [-0.25, -0.2) is 14.3 Å². The van der Waals surface area contributed by atoms with Gasteiger partial charge < -0.3 is 20.4 Å². The Morgan fingerprint density at radius 3 is 2.58 bits per heavy atom. The summed E-state index contributed by atoms with van der Waals surface area (Å²) in [7, 11) is 0. The summed E-state index contributed by atoms with van der Waals surface area (Å²) in [6.45, 7) is 4.40. The lowest BCUT2D eigenvalue weighted by Crippen LogP contribution is -2.34. The van der Waals surface area contributed by atoms with Crippen LogP contribution in [-0.2, 0) is 18.6 Å². The predicted molar refractivity (Wildman–Crippen MR) is 126 cm³/mol. The summed E-state index contributed by atoms with van der Waals surface area (Å²) < 4.78 is 1.78. The number of anilines is 2. The van der Waals surface area contributed by atoms with Gasteiger partial charge in [0.2, 0.25) is 0 Å². The molecule has 3 N–H and O–H groups in total. The Hall–Kier alpha value is -3.91. The van der Waals surface area contributed by atoms with Gasteiger partial charge in [0, 0.05) is 36.5 Å². The lowest BCUT2D eigenvalue weighted by Gasteiger charge is -2.26. The number of carboxylic acid groups (broad SMARTS) is 1. The molecule has 8 heteroatoms. The molecule has 4 aromatic rings. The van der Waals surface area contributed by atoms with Crippen molar-refractivity contribution in [2.45, 2.75) is 32.4 Å². The average molecular weight is 444 g/mol. The van der Waals surface area contributed by atoms with E-state index in [-0.39, 0.29) is 0 Å². The van der Waals surface area contributed by atoms with E-state index >= 15 is 0 Å². The lowest BCUT2D eigenvalue weighted by molar-refractivity contribution is 0.0786. The van der Waals surface area contributed by atoms with Crippen molar-refractivity contribution in [2.24, 2.45) is 0 Å². The molecule has 2 aromatic heterocycles. The molecule has 3 heterocycles. The maximum absolute atomic E-state index is 11.4. The Balaban J connectivity index is 1.50. The van der Waals surface area contributed by atoms with E-state index in [0.29, 0.717) is 31.0 Å². The number of amides is 1. The van der Waals surface area contributed by atoms with Crippen LogP contribution in [0.4, 0.5) is 16.3 Å². The van der Waals surface area contributed by atoms with E-state index < -0.39 is 11.7 Å².